The average molecular weight is 584 g/mol. The number of benzene rings is 4. The maximum absolute atomic E-state index is 13.1. The van der Waals surface area contributed by atoms with Crippen molar-refractivity contribution in [2.45, 2.75) is 30.6 Å². The average Bonchev–Trinajstić information content (AvgIpc) is 2.85. The van der Waals surface area contributed by atoms with Gasteiger partial charge in [-0.05, 0) is 98.1 Å². The van der Waals surface area contributed by atoms with Gasteiger partial charge in [0.2, 0.25) is 0 Å². The lowest BCUT2D eigenvalue weighted by Gasteiger charge is -2.13. The summed E-state index contributed by atoms with van der Waals surface area (Å²) in [7, 11) is -7.88. The Morgan fingerprint density at radius 1 is 0.692 bits per heavy atom. The SMILES string of the molecule is Cc1cc(C)cc(NS(=O)(=O)c2cc(C(=O)Nc3ccc(S(=O)(=O)Nc4ccccc4Cl)cc3)ccc2C)c1. The first-order valence-corrected chi connectivity index (χ1v) is 15.1. The minimum absolute atomic E-state index is 0.0263. The molecule has 0 saturated carbocycles. The number of aryl methyl sites for hydroxylation is 3. The monoisotopic (exact) mass is 583 g/mol. The lowest BCUT2D eigenvalue weighted by Crippen LogP contribution is -2.17. The second-order valence-electron chi connectivity index (χ2n) is 9.03. The first-order valence-electron chi connectivity index (χ1n) is 11.7. The van der Waals surface area contributed by atoms with E-state index in [-0.39, 0.29) is 26.1 Å². The lowest BCUT2D eigenvalue weighted by molar-refractivity contribution is 0.102. The summed E-state index contributed by atoms with van der Waals surface area (Å²) >= 11 is 6.04. The quantitative estimate of drug-likeness (QED) is 0.231. The van der Waals surface area contributed by atoms with Crippen LogP contribution in [0.15, 0.2) is 94.7 Å². The topological polar surface area (TPSA) is 121 Å². The van der Waals surface area contributed by atoms with E-state index < -0.39 is 26.0 Å². The smallest absolute Gasteiger partial charge is 0.262 e. The van der Waals surface area contributed by atoms with Gasteiger partial charge in [0.05, 0.1) is 20.5 Å². The van der Waals surface area contributed by atoms with Crippen LogP contribution in [0.25, 0.3) is 0 Å². The van der Waals surface area contributed by atoms with E-state index in [9.17, 15) is 21.6 Å². The van der Waals surface area contributed by atoms with Gasteiger partial charge in [-0.2, -0.15) is 0 Å². The van der Waals surface area contributed by atoms with Crippen LogP contribution in [0.5, 0.6) is 0 Å². The molecule has 0 unspecified atom stereocenters. The van der Waals surface area contributed by atoms with Crippen molar-refractivity contribution in [1.29, 1.82) is 0 Å². The number of rotatable bonds is 8. The summed E-state index contributed by atoms with van der Waals surface area (Å²) in [5.41, 5.74) is 3.43. The molecule has 0 atom stereocenters. The molecule has 4 rings (SSSR count). The van der Waals surface area contributed by atoms with Gasteiger partial charge in [0.1, 0.15) is 0 Å². The second-order valence-corrected chi connectivity index (χ2v) is 12.8. The highest BCUT2D eigenvalue weighted by molar-refractivity contribution is 7.93. The molecule has 39 heavy (non-hydrogen) atoms. The normalized spacial score (nSPS) is 11.6. The van der Waals surface area contributed by atoms with E-state index in [1.807, 2.05) is 19.9 Å². The van der Waals surface area contributed by atoms with E-state index in [2.05, 4.69) is 14.8 Å². The number of nitrogens with one attached hydrogen (secondary N) is 3. The number of amides is 1. The van der Waals surface area contributed by atoms with Crippen molar-refractivity contribution in [2.75, 3.05) is 14.8 Å². The molecule has 0 aliphatic heterocycles. The maximum Gasteiger partial charge on any atom is 0.262 e. The Kier molecular flexibility index (Phi) is 8.01. The molecule has 1 amide bonds. The predicted octanol–water partition coefficient (Wildman–Crippen LogP) is 6.12. The second kappa shape index (κ2) is 11.1. The third-order valence-corrected chi connectivity index (χ3v) is 8.99. The van der Waals surface area contributed by atoms with Gasteiger partial charge in [-0.1, -0.05) is 35.9 Å². The molecule has 3 N–H and O–H groups in total. The molecular weight excluding hydrogens is 558 g/mol. The van der Waals surface area contributed by atoms with Crippen LogP contribution >= 0.6 is 11.6 Å². The summed E-state index contributed by atoms with van der Waals surface area (Å²) in [6.45, 7) is 5.39. The van der Waals surface area contributed by atoms with Crippen molar-refractivity contribution in [1.82, 2.24) is 0 Å². The van der Waals surface area contributed by atoms with Crippen LogP contribution in [0.3, 0.4) is 0 Å². The Labute approximate surface area is 233 Å². The zero-order valence-electron chi connectivity index (χ0n) is 21.3. The van der Waals surface area contributed by atoms with Crippen molar-refractivity contribution in [3.05, 3.63) is 112 Å². The number of anilines is 3. The fourth-order valence-corrected chi connectivity index (χ4v) is 6.57. The van der Waals surface area contributed by atoms with Gasteiger partial charge in [0, 0.05) is 16.9 Å². The Balaban J connectivity index is 1.51. The molecule has 0 bridgehead atoms. The summed E-state index contributed by atoms with van der Waals surface area (Å²) in [6, 6.07) is 21.8. The molecule has 0 fully saturated rings. The molecule has 8 nitrogen and oxygen atoms in total. The molecule has 0 radical (unpaired) electrons. The number of carbonyl (C=O) groups excluding carboxylic acids is 1. The van der Waals surface area contributed by atoms with Crippen molar-refractivity contribution in [3.8, 4) is 0 Å². The van der Waals surface area contributed by atoms with Gasteiger partial charge in [-0.15, -0.1) is 0 Å². The molecule has 0 aliphatic rings. The summed E-state index contributed by atoms with van der Waals surface area (Å²) < 4.78 is 56.7. The van der Waals surface area contributed by atoms with Crippen LogP contribution in [0.2, 0.25) is 5.02 Å². The van der Waals surface area contributed by atoms with Gasteiger partial charge >= 0.3 is 0 Å². The minimum atomic E-state index is -3.97. The van der Waals surface area contributed by atoms with E-state index >= 15 is 0 Å². The Bertz CT molecular complexity index is 1750. The molecule has 11 heteroatoms. The van der Waals surface area contributed by atoms with Gasteiger partial charge < -0.3 is 5.32 Å². The van der Waals surface area contributed by atoms with Crippen LogP contribution in [-0.4, -0.2) is 22.7 Å². The lowest BCUT2D eigenvalue weighted by atomic mass is 10.1. The van der Waals surface area contributed by atoms with E-state index in [4.69, 9.17) is 11.6 Å². The number of para-hydroxylation sites is 1. The molecule has 0 spiro atoms. The molecular formula is C28H26ClN3O5S2. The van der Waals surface area contributed by atoms with Crippen LogP contribution in [0.1, 0.15) is 27.0 Å². The highest BCUT2D eigenvalue weighted by atomic mass is 35.5. The summed E-state index contributed by atoms with van der Waals surface area (Å²) in [6.07, 6.45) is 0. The molecule has 202 valence electrons. The van der Waals surface area contributed by atoms with E-state index in [0.29, 0.717) is 16.9 Å². The van der Waals surface area contributed by atoms with E-state index in [1.54, 1.807) is 49.4 Å². The third-order valence-electron chi connectivity index (χ3n) is 5.75. The Morgan fingerprint density at radius 2 is 1.33 bits per heavy atom. The van der Waals surface area contributed by atoms with Gasteiger partial charge in [-0.25, -0.2) is 16.8 Å². The number of carbonyl (C=O) groups is 1. The Morgan fingerprint density at radius 3 is 1.97 bits per heavy atom. The zero-order chi connectivity index (χ0) is 28.4. The minimum Gasteiger partial charge on any atom is -0.322 e. The van der Waals surface area contributed by atoms with Gasteiger partial charge in [0.25, 0.3) is 26.0 Å². The van der Waals surface area contributed by atoms with E-state index in [1.165, 1.54) is 36.4 Å². The fourth-order valence-electron chi connectivity index (χ4n) is 3.94. The molecule has 0 heterocycles. The summed E-state index contributed by atoms with van der Waals surface area (Å²) in [5.74, 6) is -0.553. The van der Waals surface area contributed by atoms with Crippen molar-refractivity contribution in [2.24, 2.45) is 0 Å². The van der Waals surface area contributed by atoms with Crippen molar-refractivity contribution >= 4 is 54.6 Å². The van der Waals surface area contributed by atoms with Gasteiger partial charge in [0.15, 0.2) is 0 Å². The molecule has 0 aromatic heterocycles. The molecule has 0 saturated heterocycles. The maximum atomic E-state index is 13.1. The number of hydrogen-bond acceptors (Lipinski definition) is 5. The predicted molar refractivity (Wildman–Crippen MR) is 155 cm³/mol. The Hall–Kier alpha value is -3.86. The molecule has 4 aromatic rings. The first kappa shape index (κ1) is 28.2. The number of halogens is 1. The van der Waals surface area contributed by atoms with Crippen LogP contribution in [0.4, 0.5) is 17.1 Å². The molecule has 0 aliphatic carbocycles. The highest BCUT2D eigenvalue weighted by Gasteiger charge is 2.20. The molecule has 4 aromatic carbocycles. The van der Waals surface area contributed by atoms with Crippen molar-refractivity contribution < 1.29 is 21.6 Å². The van der Waals surface area contributed by atoms with Crippen molar-refractivity contribution in [3.63, 3.8) is 0 Å². The van der Waals surface area contributed by atoms with E-state index in [0.717, 1.165) is 11.1 Å². The first-order chi connectivity index (χ1) is 18.3. The third kappa shape index (κ3) is 6.78. The number of hydrogen-bond donors (Lipinski definition) is 3. The highest BCUT2D eigenvalue weighted by Crippen LogP contribution is 2.26. The van der Waals surface area contributed by atoms with Crippen LogP contribution < -0.4 is 14.8 Å². The van der Waals surface area contributed by atoms with Crippen LogP contribution in [-0.2, 0) is 20.0 Å². The van der Waals surface area contributed by atoms with Gasteiger partial charge in [-0.3, -0.25) is 14.2 Å². The zero-order valence-corrected chi connectivity index (χ0v) is 23.7. The van der Waals surface area contributed by atoms with Crippen LogP contribution in [0, 0.1) is 20.8 Å². The largest absolute Gasteiger partial charge is 0.322 e. The summed E-state index contributed by atoms with van der Waals surface area (Å²) in [4.78, 5) is 12.9. The summed E-state index contributed by atoms with van der Waals surface area (Å²) in [5, 5.41) is 2.93. The fraction of sp³-hybridized carbons (Fsp3) is 0.107. The standard InChI is InChI=1S/C28H26ClN3O5S2/c1-18-14-19(2)16-23(15-18)31-39(36,37)27-17-21(9-8-20(27)3)28(33)30-22-10-12-24(13-11-22)38(34,35)32-26-7-5-4-6-25(26)29/h4-17,31-32H,1-3H3,(H,30,33). The number of sulfonamides is 2.